The van der Waals surface area contributed by atoms with Crippen LogP contribution in [0.25, 0.3) is 41.7 Å². The van der Waals surface area contributed by atoms with Gasteiger partial charge in [-0.3, -0.25) is 0 Å². The molecule has 2 aliphatic heterocycles. The lowest BCUT2D eigenvalue weighted by Gasteiger charge is -2.35. The molecule has 0 radical (unpaired) electrons. The summed E-state index contributed by atoms with van der Waals surface area (Å²) < 4.78 is 16.2. The predicted molar refractivity (Wildman–Crippen MR) is 207 cm³/mol. The largest absolute Gasteiger partial charge is 0.458 e. The van der Waals surface area contributed by atoms with Crippen molar-refractivity contribution in [2.75, 3.05) is 4.90 Å². The zero-order valence-corrected chi connectivity index (χ0v) is 27.1. The minimum Gasteiger partial charge on any atom is -0.458 e. The Morgan fingerprint density at radius 3 is 1.88 bits per heavy atom. The summed E-state index contributed by atoms with van der Waals surface area (Å²) in [6.45, 7) is -0.0408. The molecule has 0 fully saturated rings. The zero-order valence-electron chi connectivity index (χ0n) is 26.3. The third-order valence-corrected chi connectivity index (χ3v) is 11.3. The summed E-state index contributed by atoms with van der Waals surface area (Å²) >= 11 is 1.84. The molecule has 2 aliphatic rings. The number of nitrogens with zero attached hydrogens (tertiary/aromatic N) is 1. The molecule has 0 amide bonds. The van der Waals surface area contributed by atoms with Gasteiger partial charge in [-0.05, 0) is 81.7 Å². The molecule has 3 nitrogen and oxygen atoms in total. The van der Waals surface area contributed by atoms with E-state index in [-0.39, 0.29) is 6.71 Å². The molecule has 1 aromatic heterocycles. The van der Waals surface area contributed by atoms with Gasteiger partial charge < -0.3 is 14.4 Å². The highest BCUT2D eigenvalue weighted by Gasteiger charge is 2.42. The van der Waals surface area contributed by atoms with Crippen molar-refractivity contribution in [2.45, 2.75) is 0 Å². The van der Waals surface area contributed by atoms with Crippen molar-refractivity contribution < 1.29 is 9.47 Å². The molecule has 0 saturated carbocycles. The fraction of sp³-hybridized carbons (Fsp3) is 0. The molecule has 0 spiro atoms. The maximum atomic E-state index is 6.81. The molecule has 0 aliphatic carbocycles. The van der Waals surface area contributed by atoms with Crippen LogP contribution < -0.4 is 30.8 Å². The van der Waals surface area contributed by atoms with Crippen LogP contribution in [0, 0.1) is 0 Å². The van der Waals surface area contributed by atoms with E-state index in [1.54, 1.807) is 0 Å². The highest BCUT2D eigenvalue weighted by molar-refractivity contribution is 7.25. The van der Waals surface area contributed by atoms with E-state index in [2.05, 4.69) is 157 Å². The molecule has 8 aromatic carbocycles. The summed E-state index contributed by atoms with van der Waals surface area (Å²) in [6.07, 6.45) is 0. The molecular formula is C44H26BNO2S. The summed E-state index contributed by atoms with van der Waals surface area (Å²) in [7, 11) is 0. The molecule has 228 valence electrons. The van der Waals surface area contributed by atoms with Crippen LogP contribution in [0.2, 0.25) is 0 Å². The zero-order chi connectivity index (χ0) is 32.1. The number of hydrogen-bond acceptors (Lipinski definition) is 4. The lowest BCUT2D eigenvalue weighted by Crippen LogP contribution is -2.57. The van der Waals surface area contributed by atoms with Gasteiger partial charge in [0.25, 0.3) is 6.71 Å². The van der Waals surface area contributed by atoms with Gasteiger partial charge in [0, 0.05) is 54.1 Å². The molecule has 11 rings (SSSR count). The van der Waals surface area contributed by atoms with Crippen LogP contribution in [0.5, 0.6) is 23.0 Å². The number of hydrogen-bond donors (Lipinski definition) is 0. The van der Waals surface area contributed by atoms with Gasteiger partial charge in [0.2, 0.25) is 0 Å². The van der Waals surface area contributed by atoms with Crippen molar-refractivity contribution in [1.29, 1.82) is 0 Å². The Bertz CT molecular complexity index is 2810. The highest BCUT2D eigenvalue weighted by Crippen LogP contribution is 2.44. The Labute approximate surface area is 287 Å². The van der Waals surface area contributed by atoms with E-state index >= 15 is 0 Å². The van der Waals surface area contributed by atoms with E-state index in [1.165, 1.54) is 41.8 Å². The summed E-state index contributed by atoms with van der Waals surface area (Å²) in [4.78, 5) is 2.34. The monoisotopic (exact) mass is 643 g/mol. The van der Waals surface area contributed by atoms with Gasteiger partial charge in [-0.1, -0.05) is 97.1 Å². The number of benzene rings is 8. The average Bonchev–Trinajstić information content (AvgIpc) is 3.53. The van der Waals surface area contributed by atoms with Crippen LogP contribution >= 0.6 is 11.3 Å². The van der Waals surface area contributed by atoms with Gasteiger partial charge >= 0.3 is 0 Å². The highest BCUT2D eigenvalue weighted by atomic mass is 32.1. The molecule has 0 atom stereocenters. The van der Waals surface area contributed by atoms with E-state index in [4.69, 9.17) is 9.47 Å². The average molecular weight is 644 g/mol. The van der Waals surface area contributed by atoms with Gasteiger partial charge in [-0.15, -0.1) is 11.3 Å². The molecule has 9 aromatic rings. The summed E-state index contributed by atoms with van der Waals surface area (Å²) in [6, 6.07) is 56.3. The van der Waals surface area contributed by atoms with Crippen molar-refractivity contribution in [1.82, 2.24) is 0 Å². The number of thiophene rings is 1. The van der Waals surface area contributed by atoms with Crippen LogP contribution in [0.15, 0.2) is 158 Å². The predicted octanol–water partition coefficient (Wildman–Crippen LogP) is 10.6. The minimum atomic E-state index is -0.0408. The second-order valence-electron chi connectivity index (χ2n) is 12.8. The summed E-state index contributed by atoms with van der Waals surface area (Å²) in [5.74, 6) is 3.49. The molecule has 49 heavy (non-hydrogen) atoms. The molecule has 0 N–H and O–H groups in total. The molecule has 5 heteroatoms. The number of ether oxygens (including phenoxy) is 2. The van der Waals surface area contributed by atoms with E-state index in [0.29, 0.717) is 0 Å². The van der Waals surface area contributed by atoms with Crippen LogP contribution in [-0.4, -0.2) is 6.71 Å². The second kappa shape index (κ2) is 10.2. The number of rotatable bonds is 3. The normalized spacial score (nSPS) is 12.8. The third-order valence-electron chi connectivity index (χ3n) is 10.2. The van der Waals surface area contributed by atoms with Crippen molar-refractivity contribution in [3.8, 4) is 23.0 Å². The number of para-hydroxylation sites is 1. The molecule has 0 bridgehead atoms. The number of fused-ring (bicyclic) bond motifs is 12. The topological polar surface area (TPSA) is 21.7 Å². The van der Waals surface area contributed by atoms with E-state index in [0.717, 1.165) is 56.4 Å². The van der Waals surface area contributed by atoms with E-state index < -0.39 is 0 Å². The van der Waals surface area contributed by atoms with Crippen molar-refractivity contribution >= 4 is 93.2 Å². The summed E-state index contributed by atoms with van der Waals surface area (Å²) in [5, 5.41) is 7.33. The first-order valence-corrected chi connectivity index (χ1v) is 17.4. The van der Waals surface area contributed by atoms with Gasteiger partial charge in [0.1, 0.15) is 23.0 Å². The van der Waals surface area contributed by atoms with Crippen LogP contribution in [0.3, 0.4) is 0 Å². The van der Waals surface area contributed by atoms with Crippen LogP contribution in [0.1, 0.15) is 0 Å². The molecule has 3 heterocycles. The van der Waals surface area contributed by atoms with Gasteiger partial charge in [-0.25, -0.2) is 0 Å². The second-order valence-corrected chi connectivity index (χ2v) is 13.9. The molecule has 0 saturated heterocycles. The molecule has 0 unspecified atom stereocenters. The smallest absolute Gasteiger partial charge is 0.261 e. The Balaban J connectivity index is 1.14. The number of anilines is 3. The Hall–Kier alpha value is -6.04. The third kappa shape index (κ3) is 3.91. The maximum absolute atomic E-state index is 6.81. The minimum absolute atomic E-state index is 0.0408. The van der Waals surface area contributed by atoms with E-state index in [9.17, 15) is 0 Å². The van der Waals surface area contributed by atoms with Gasteiger partial charge in [0.05, 0.1) is 0 Å². The first-order valence-electron chi connectivity index (χ1n) is 16.6. The van der Waals surface area contributed by atoms with Gasteiger partial charge in [0.15, 0.2) is 0 Å². The lowest BCUT2D eigenvalue weighted by molar-refractivity contribution is 0.467. The van der Waals surface area contributed by atoms with Crippen molar-refractivity contribution in [3.05, 3.63) is 158 Å². The standard InChI is InChI=1S/C44H26BNO2S/c1-2-11-27(12-3-1)46(28-22-24-41-35(25-28)32-15-8-9-20-40(32)49-41)29-21-23-36-39(26-29)47-37-18-10-19-38-43(37)45(36)42-33-16-6-4-13-30(33)31-14-5-7-17-34(31)44(42)48-38/h1-26H. The van der Waals surface area contributed by atoms with Crippen LogP contribution in [0.4, 0.5) is 17.1 Å². The lowest BCUT2D eigenvalue weighted by atomic mass is 9.34. The van der Waals surface area contributed by atoms with Crippen molar-refractivity contribution in [3.63, 3.8) is 0 Å². The Morgan fingerprint density at radius 2 is 1.04 bits per heavy atom. The Morgan fingerprint density at radius 1 is 0.408 bits per heavy atom. The SMILES string of the molecule is c1ccc(N(c2ccc3c(c2)Oc2cccc4c2B3c2c(c3ccccc3c3ccccc23)O4)c2ccc3sc4ccccc4c3c2)cc1. The first kappa shape index (κ1) is 27.0. The van der Waals surface area contributed by atoms with Gasteiger partial charge in [-0.2, -0.15) is 0 Å². The molecular weight excluding hydrogens is 617 g/mol. The Kier molecular flexibility index (Phi) is 5.63. The fourth-order valence-electron chi connectivity index (χ4n) is 8.07. The first-order chi connectivity index (χ1) is 24.3. The maximum Gasteiger partial charge on any atom is 0.261 e. The van der Waals surface area contributed by atoms with Crippen LogP contribution in [-0.2, 0) is 0 Å². The summed E-state index contributed by atoms with van der Waals surface area (Å²) in [5.41, 5.74) is 6.66. The quantitative estimate of drug-likeness (QED) is 0.141. The fourth-order valence-corrected chi connectivity index (χ4v) is 9.16. The van der Waals surface area contributed by atoms with E-state index in [1.807, 2.05) is 17.4 Å². The van der Waals surface area contributed by atoms with Crippen molar-refractivity contribution in [2.24, 2.45) is 0 Å².